The number of benzene rings is 3. The minimum Gasteiger partial charge on any atom is -0.496 e. The van der Waals surface area contributed by atoms with Crippen LogP contribution in [0.2, 0.25) is 5.02 Å². The summed E-state index contributed by atoms with van der Waals surface area (Å²) in [4.78, 5) is 25.2. The molecule has 1 aromatic heterocycles. The fraction of sp³-hybridized carbons (Fsp3) is 0.0870. The van der Waals surface area contributed by atoms with Crippen molar-refractivity contribution in [2.75, 3.05) is 12.4 Å². The van der Waals surface area contributed by atoms with Gasteiger partial charge in [-0.1, -0.05) is 29.8 Å². The molecule has 3 aromatic carbocycles. The summed E-state index contributed by atoms with van der Waals surface area (Å²) in [6, 6.07) is 15.4. The Balaban J connectivity index is 1.45. The van der Waals surface area contributed by atoms with E-state index in [2.05, 4.69) is 26.2 Å². The van der Waals surface area contributed by atoms with Crippen LogP contribution >= 0.6 is 11.6 Å². The monoisotopic (exact) mass is 480 g/mol. The zero-order chi connectivity index (χ0) is 24.1. The molecular formula is C23H18ClFN6O3. The first kappa shape index (κ1) is 22.9. The van der Waals surface area contributed by atoms with Crippen LogP contribution in [-0.2, 0) is 6.54 Å². The Kier molecular flexibility index (Phi) is 6.79. The van der Waals surface area contributed by atoms with Gasteiger partial charge in [0, 0.05) is 23.9 Å². The van der Waals surface area contributed by atoms with Crippen LogP contribution in [0.15, 0.2) is 67.0 Å². The third-order valence-corrected chi connectivity index (χ3v) is 5.14. The highest BCUT2D eigenvalue weighted by Gasteiger charge is 2.17. The maximum Gasteiger partial charge on any atom is 0.255 e. The number of methoxy groups -OCH3 is 1. The van der Waals surface area contributed by atoms with Gasteiger partial charge in [-0.25, -0.2) is 4.39 Å². The second-order valence-electron chi connectivity index (χ2n) is 7.11. The van der Waals surface area contributed by atoms with Gasteiger partial charge in [-0.15, -0.1) is 5.10 Å². The summed E-state index contributed by atoms with van der Waals surface area (Å²) in [5, 5.41) is 16.7. The van der Waals surface area contributed by atoms with Crippen molar-refractivity contribution in [3.05, 3.63) is 94.5 Å². The standard InChI is InChI=1S/C23H18ClFN6O3/c1-34-21-11-20(31-13-27-29-30-31)19(24)10-18(21)23(33)26-12-14-4-2-7-17(8-14)28-22(32)15-5-3-6-16(25)9-15/h2-11,13H,12H2,1H3,(H,26,33)(H,28,32). The number of nitrogens with zero attached hydrogens (tertiary/aromatic N) is 4. The third kappa shape index (κ3) is 5.18. The Labute approximate surface area is 198 Å². The predicted octanol–water partition coefficient (Wildman–Crippen LogP) is 3.65. The number of ether oxygens (including phenoxy) is 1. The molecule has 0 aliphatic rings. The van der Waals surface area contributed by atoms with Crippen LogP contribution in [0.4, 0.5) is 10.1 Å². The normalized spacial score (nSPS) is 10.6. The van der Waals surface area contributed by atoms with Gasteiger partial charge in [0.05, 0.1) is 23.4 Å². The van der Waals surface area contributed by atoms with Crippen LogP contribution in [0.25, 0.3) is 5.69 Å². The summed E-state index contributed by atoms with van der Waals surface area (Å²) in [5.41, 5.74) is 2.14. The lowest BCUT2D eigenvalue weighted by Crippen LogP contribution is -2.23. The van der Waals surface area contributed by atoms with E-state index in [4.69, 9.17) is 16.3 Å². The molecular weight excluding hydrogens is 463 g/mol. The molecule has 0 spiro atoms. The number of carbonyl (C=O) groups excluding carboxylic acids is 2. The molecule has 0 aliphatic carbocycles. The Morgan fingerprint density at radius 2 is 1.91 bits per heavy atom. The Bertz CT molecular complexity index is 1350. The molecule has 0 fully saturated rings. The molecule has 9 nitrogen and oxygen atoms in total. The number of tetrazole rings is 1. The molecule has 1 heterocycles. The van der Waals surface area contributed by atoms with Crippen molar-refractivity contribution in [1.29, 1.82) is 0 Å². The first-order valence-electron chi connectivity index (χ1n) is 9.99. The Hall–Kier alpha value is -4.31. The molecule has 0 aliphatic heterocycles. The van der Waals surface area contributed by atoms with Crippen molar-refractivity contribution in [3.63, 3.8) is 0 Å². The van der Waals surface area contributed by atoms with Gasteiger partial charge < -0.3 is 15.4 Å². The summed E-state index contributed by atoms with van der Waals surface area (Å²) in [6.45, 7) is 0.179. The Morgan fingerprint density at radius 1 is 1.09 bits per heavy atom. The highest BCUT2D eigenvalue weighted by atomic mass is 35.5. The maximum absolute atomic E-state index is 13.4. The lowest BCUT2D eigenvalue weighted by Gasteiger charge is -2.13. The molecule has 0 atom stereocenters. The molecule has 2 N–H and O–H groups in total. The van der Waals surface area contributed by atoms with Crippen LogP contribution < -0.4 is 15.4 Å². The molecule has 2 amide bonds. The van der Waals surface area contributed by atoms with Crippen LogP contribution in [-0.4, -0.2) is 39.1 Å². The summed E-state index contributed by atoms with van der Waals surface area (Å²) in [5.74, 6) is -1.05. The van der Waals surface area contributed by atoms with E-state index in [-0.39, 0.29) is 22.7 Å². The van der Waals surface area contributed by atoms with Gasteiger partial charge in [-0.05, 0) is 52.4 Å². The minimum atomic E-state index is -0.495. The average Bonchev–Trinajstić information content (AvgIpc) is 3.37. The van der Waals surface area contributed by atoms with Gasteiger partial charge in [0.25, 0.3) is 11.8 Å². The molecule has 34 heavy (non-hydrogen) atoms. The largest absolute Gasteiger partial charge is 0.496 e. The lowest BCUT2D eigenvalue weighted by atomic mass is 10.1. The smallest absolute Gasteiger partial charge is 0.255 e. The molecule has 4 rings (SSSR count). The number of anilines is 1. The Morgan fingerprint density at radius 3 is 2.65 bits per heavy atom. The zero-order valence-electron chi connectivity index (χ0n) is 17.8. The van der Waals surface area contributed by atoms with Crippen LogP contribution in [0.5, 0.6) is 5.75 Å². The van der Waals surface area contributed by atoms with E-state index >= 15 is 0 Å². The summed E-state index contributed by atoms with van der Waals surface area (Å²) in [6.07, 6.45) is 1.38. The molecule has 0 saturated heterocycles. The second kappa shape index (κ2) is 10.1. The third-order valence-electron chi connectivity index (χ3n) is 4.83. The van der Waals surface area contributed by atoms with E-state index in [0.717, 1.165) is 11.6 Å². The zero-order valence-corrected chi connectivity index (χ0v) is 18.6. The number of nitrogens with one attached hydrogen (secondary N) is 2. The van der Waals surface area contributed by atoms with Crippen molar-refractivity contribution in [3.8, 4) is 11.4 Å². The van der Waals surface area contributed by atoms with Crippen molar-refractivity contribution >= 4 is 29.1 Å². The molecule has 0 radical (unpaired) electrons. The number of carbonyl (C=O) groups is 2. The number of rotatable bonds is 7. The van der Waals surface area contributed by atoms with Gasteiger partial charge in [-0.3, -0.25) is 9.59 Å². The van der Waals surface area contributed by atoms with E-state index in [9.17, 15) is 14.0 Å². The molecule has 0 saturated carbocycles. The van der Waals surface area contributed by atoms with Crippen LogP contribution in [0.1, 0.15) is 26.3 Å². The molecule has 0 unspecified atom stereocenters. The van der Waals surface area contributed by atoms with E-state index in [1.165, 1.54) is 42.4 Å². The van der Waals surface area contributed by atoms with Crippen LogP contribution in [0, 0.1) is 5.82 Å². The molecule has 4 aromatic rings. The summed E-state index contributed by atoms with van der Waals surface area (Å²) in [7, 11) is 1.44. The highest BCUT2D eigenvalue weighted by Crippen LogP contribution is 2.29. The maximum atomic E-state index is 13.4. The number of amides is 2. The van der Waals surface area contributed by atoms with Gasteiger partial charge >= 0.3 is 0 Å². The van der Waals surface area contributed by atoms with E-state index in [1.54, 1.807) is 30.3 Å². The van der Waals surface area contributed by atoms with Crippen LogP contribution in [0.3, 0.4) is 0 Å². The average molecular weight is 481 g/mol. The van der Waals surface area contributed by atoms with Gasteiger partial charge in [0.1, 0.15) is 17.9 Å². The van der Waals surface area contributed by atoms with E-state index < -0.39 is 17.6 Å². The number of halogens is 2. The van der Waals surface area contributed by atoms with Gasteiger partial charge in [0.2, 0.25) is 0 Å². The van der Waals surface area contributed by atoms with E-state index in [1.807, 2.05) is 0 Å². The first-order valence-corrected chi connectivity index (χ1v) is 10.4. The van der Waals surface area contributed by atoms with Crippen molar-refractivity contribution in [1.82, 2.24) is 25.5 Å². The van der Waals surface area contributed by atoms with Crippen molar-refractivity contribution in [2.45, 2.75) is 6.54 Å². The lowest BCUT2D eigenvalue weighted by molar-refractivity contribution is 0.0947. The first-order chi connectivity index (χ1) is 16.4. The van der Waals surface area contributed by atoms with Crippen molar-refractivity contribution in [2.24, 2.45) is 0 Å². The fourth-order valence-corrected chi connectivity index (χ4v) is 3.46. The van der Waals surface area contributed by atoms with Gasteiger partial charge in [0.15, 0.2) is 0 Å². The summed E-state index contributed by atoms with van der Waals surface area (Å²) >= 11 is 6.32. The summed E-state index contributed by atoms with van der Waals surface area (Å²) < 4.78 is 20.1. The van der Waals surface area contributed by atoms with E-state index in [0.29, 0.717) is 17.1 Å². The number of hydrogen-bond donors (Lipinski definition) is 2. The molecule has 0 bridgehead atoms. The topological polar surface area (TPSA) is 111 Å². The SMILES string of the molecule is COc1cc(-n2cnnn2)c(Cl)cc1C(=O)NCc1cccc(NC(=O)c2cccc(F)c2)c1. The number of hydrogen-bond acceptors (Lipinski definition) is 6. The molecule has 11 heteroatoms. The van der Waals surface area contributed by atoms with Gasteiger partial charge in [-0.2, -0.15) is 4.68 Å². The number of aromatic nitrogens is 4. The van der Waals surface area contributed by atoms with Crippen molar-refractivity contribution < 1.29 is 18.7 Å². The fourth-order valence-electron chi connectivity index (χ4n) is 3.21. The second-order valence-corrected chi connectivity index (χ2v) is 7.51. The molecule has 172 valence electrons. The highest BCUT2D eigenvalue weighted by molar-refractivity contribution is 6.33. The quantitative estimate of drug-likeness (QED) is 0.418. The minimum absolute atomic E-state index is 0.179. The predicted molar refractivity (Wildman–Crippen MR) is 123 cm³/mol.